The molecule has 2 heterocycles. The molecule has 0 unspecified atom stereocenters. The minimum absolute atomic E-state index is 0.0213. The van der Waals surface area contributed by atoms with E-state index in [0.717, 1.165) is 35.6 Å². The van der Waals surface area contributed by atoms with Crippen molar-refractivity contribution in [3.63, 3.8) is 0 Å². The summed E-state index contributed by atoms with van der Waals surface area (Å²) in [5, 5.41) is 5.36. The third-order valence-corrected chi connectivity index (χ3v) is 9.72. The standard InChI is InChI=1S/C26H34ClN3O5S/c1-18(2)26(11-4-14-29(25(26)32)22-9-12-28-13-10-22)30(17-24(31)35-3)36(33,34)23-8-6-19-15-21(27)7-5-20(19)16-23/h5-8,15-16,18,22,28H,4,9-14,17H2,1-3H3/t26-/m0/s1. The van der Waals surface area contributed by atoms with Gasteiger partial charge in [-0.25, -0.2) is 8.42 Å². The summed E-state index contributed by atoms with van der Waals surface area (Å²) in [7, 11) is -3.04. The highest BCUT2D eigenvalue weighted by atomic mass is 35.5. The topological polar surface area (TPSA) is 96.0 Å². The number of sulfonamides is 1. The van der Waals surface area contributed by atoms with Gasteiger partial charge in [-0.3, -0.25) is 9.59 Å². The molecule has 2 aliphatic heterocycles. The molecule has 1 amide bonds. The van der Waals surface area contributed by atoms with Crippen molar-refractivity contribution in [2.75, 3.05) is 33.3 Å². The second-order valence-electron chi connectivity index (χ2n) is 9.90. The van der Waals surface area contributed by atoms with Gasteiger partial charge in [0, 0.05) is 17.6 Å². The van der Waals surface area contributed by atoms with Crippen molar-refractivity contribution < 1.29 is 22.7 Å². The Balaban J connectivity index is 1.83. The lowest BCUT2D eigenvalue weighted by molar-refractivity contribution is -0.155. The Labute approximate surface area is 218 Å². The Bertz CT molecular complexity index is 1250. The number of carbonyl (C=O) groups excluding carboxylic acids is 2. The third-order valence-electron chi connectivity index (χ3n) is 7.60. The zero-order valence-corrected chi connectivity index (χ0v) is 22.6. The molecule has 10 heteroatoms. The van der Waals surface area contributed by atoms with Crippen LogP contribution in [0.25, 0.3) is 10.8 Å². The zero-order valence-electron chi connectivity index (χ0n) is 21.0. The van der Waals surface area contributed by atoms with E-state index >= 15 is 0 Å². The average molecular weight is 536 g/mol. The molecule has 2 aliphatic rings. The molecule has 1 N–H and O–H groups in total. The van der Waals surface area contributed by atoms with E-state index in [-0.39, 0.29) is 22.8 Å². The molecule has 2 aromatic carbocycles. The summed E-state index contributed by atoms with van der Waals surface area (Å²) in [5.41, 5.74) is -1.40. The fraction of sp³-hybridized carbons (Fsp3) is 0.538. The number of halogens is 1. The lowest BCUT2D eigenvalue weighted by Gasteiger charge is -2.51. The molecular formula is C26H34ClN3O5S. The second-order valence-corrected chi connectivity index (χ2v) is 12.2. The molecule has 0 aromatic heterocycles. The van der Waals surface area contributed by atoms with Crippen molar-refractivity contribution in [2.45, 2.75) is 56.0 Å². The number of ether oxygens (including phenoxy) is 1. The predicted molar refractivity (Wildman–Crippen MR) is 139 cm³/mol. The van der Waals surface area contributed by atoms with Gasteiger partial charge in [-0.05, 0) is 79.7 Å². The molecule has 0 saturated carbocycles. The summed E-state index contributed by atoms with van der Waals surface area (Å²) in [6.07, 6.45) is 2.62. The van der Waals surface area contributed by atoms with E-state index in [1.807, 2.05) is 18.7 Å². The minimum atomic E-state index is -4.26. The number of nitrogens with zero attached hydrogens (tertiary/aromatic N) is 2. The van der Waals surface area contributed by atoms with Crippen LogP contribution >= 0.6 is 11.6 Å². The average Bonchev–Trinajstić information content (AvgIpc) is 2.87. The largest absolute Gasteiger partial charge is 0.468 e. The smallest absolute Gasteiger partial charge is 0.321 e. The number of esters is 1. The van der Waals surface area contributed by atoms with Crippen molar-refractivity contribution in [1.29, 1.82) is 0 Å². The van der Waals surface area contributed by atoms with Crippen LogP contribution in [0.15, 0.2) is 41.3 Å². The van der Waals surface area contributed by atoms with Gasteiger partial charge in [0.05, 0.1) is 12.0 Å². The van der Waals surface area contributed by atoms with Crippen molar-refractivity contribution >= 4 is 44.3 Å². The van der Waals surface area contributed by atoms with Crippen LogP contribution in [0.3, 0.4) is 0 Å². The molecule has 4 rings (SSSR count). The number of hydrogen-bond donors (Lipinski definition) is 1. The number of piperidine rings is 2. The Morgan fingerprint density at radius 2 is 1.86 bits per heavy atom. The van der Waals surface area contributed by atoms with E-state index in [2.05, 4.69) is 5.32 Å². The number of likely N-dealkylation sites (tertiary alicyclic amines) is 1. The van der Waals surface area contributed by atoms with Crippen LogP contribution in [-0.2, 0) is 24.3 Å². The van der Waals surface area contributed by atoms with E-state index in [9.17, 15) is 18.0 Å². The molecule has 36 heavy (non-hydrogen) atoms. The molecule has 2 saturated heterocycles. The highest BCUT2D eigenvalue weighted by molar-refractivity contribution is 7.89. The summed E-state index contributed by atoms with van der Waals surface area (Å²) in [5.74, 6) is -1.30. The van der Waals surface area contributed by atoms with Gasteiger partial charge in [0.25, 0.3) is 0 Å². The molecule has 8 nitrogen and oxygen atoms in total. The van der Waals surface area contributed by atoms with Gasteiger partial charge in [0.1, 0.15) is 12.1 Å². The normalized spacial score (nSPS) is 21.9. The maximum Gasteiger partial charge on any atom is 0.321 e. The molecule has 0 radical (unpaired) electrons. The fourth-order valence-electron chi connectivity index (χ4n) is 5.60. The Kier molecular flexibility index (Phi) is 7.95. The third kappa shape index (κ3) is 4.86. The van der Waals surface area contributed by atoms with Gasteiger partial charge in [-0.1, -0.05) is 37.6 Å². The van der Waals surface area contributed by atoms with Crippen LogP contribution in [0.4, 0.5) is 0 Å². The number of rotatable bonds is 7. The number of carbonyl (C=O) groups is 2. The molecule has 0 aliphatic carbocycles. The van der Waals surface area contributed by atoms with E-state index in [1.54, 1.807) is 30.3 Å². The molecule has 2 fully saturated rings. The maximum absolute atomic E-state index is 14.3. The van der Waals surface area contributed by atoms with E-state index < -0.39 is 28.1 Å². The van der Waals surface area contributed by atoms with Crippen LogP contribution in [0.5, 0.6) is 0 Å². The van der Waals surface area contributed by atoms with E-state index in [1.165, 1.54) is 13.2 Å². The summed E-state index contributed by atoms with van der Waals surface area (Å²) in [4.78, 5) is 28.7. The highest BCUT2D eigenvalue weighted by Crippen LogP contribution is 2.41. The molecule has 0 bridgehead atoms. The summed E-state index contributed by atoms with van der Waals surface area (Å²) < 4.78 is 34.5. The van der Waals surface area contributed by atoms with Crippen molar-refractivity contribution in [2.24, 2.45) is 5.92 Å². The first-order valence-electron chi connectivity index (χ1n) is 12.4. The van der Waals surface area contributed by atoms with Gasteiger partial charge in [0.15, 0.2) is 0 Å². The SMILES string of the molecule is COC(=O)CN([C@]1(C(C)C)CCCN(C2CCNCC2)C1=O)S(=O)(=O)c1ccc2cc(Cl)ccc2c1. The first-order valence-corrected chi connectivity index (χ1v) is 14.2. The number of methoxy groups -OCH3 is 1. The van der Waals surface area contributed by atoms with Crippen LogP contribution in [-0.4, -0.2) is 74.4 Å². The zero-order chi connectivity index (χ0) is 26.1. The summed E-state index contributed by atoms with van der Waals surface area (Å²) in [6.45, 7) is 5.38. The summed E-state index contributed by atoms with van der Waals surface area (Å²) in [6, 6.07) is 10.0. The van der Waals surface area contributed by atoms with Gasteiger partial charge in [0.2, 0.25) is 15.9 Å². The number of nitrogens with one attached hydrogen (secondary N) is 1. The lowest BCUT2D eigenvalue weighted by Crippen LogP contribution is -2.69. The van der Waals surface area contributed by atoms with Crippen molar-refractivity contribution in [3.8, 4) is 0 Å². The van der Waals surface area contributed by atoms with Crippen LogP contribution in [0.2, 0.25) is 5.02 Å². The quantitative estimate of drug-likeness (QED) is 0.546. The number of hydrogen-bond acceptors (Lipinski definition) is 6. The number of benzene rings is 2. The monoisotopic (exact) mass is 535 g/mol. The molecule has 2 aromatic rings. The van der Waals surface area contributed by atoms with Gasteiger partial charge in [-0.2, -0.15) is 4.31 Å². The maximum atomic E-state index is 14.3. The first kappa shape index (κ1) is 26.9. The van der Waals surface area contributed by atoms with Gasteiger partial charge < -0.3 is 15.0 Å². The van der Waals surface area contributed by atoms with Crippen molar-refractivity contribution in [1.82, 2.24) is 14.5 Å². The molecule has 0 spiro atoms. The number of amides is 1. The van der Waals surface area contributed by atoms with E-state index in [4.69, 9.17) is 16.3 Å². The van der Waals surface area contributed by atoms with Gasteiger partial charge in [-0.15, -0.1) is 0 Å². The van der Waals surface area contributed by atoms with Crippen LogP contribution in [0, 0.1) is 5.92 Å². The van der Waals surface area contributed by atoms with Crippen molar-refractivity contribution in [3.05, 3.63) is 41.4 Å². The minimum Gasteiger partial charge on any atom is -0.468 e. The Morgan fingerprint density at radius 3 is 2.53 bits per heavy atom. The second kappa shape index (κ2) is 10.7. The summed E-state index contributed by atoms with van der Waals surface area (Å²) >= 11 is 6.10. The highest BCUT2D eigenvalue weighted by Gasteiger charge is 2.56. The predicted octanol–water partition coefficient (Wildman–Crippen LogP) is 3.43. The molecular weight excluding hydrogens is 502 g/mol. The molecule has 196 valence electrons. The van der Waals surface area contributed by atoms with E-state index in [0.29, 0.717) is 29.8 Å². The lowest BCUT2D eigenvalue weighted by atomic mass is 9.77. The van der Waals surface area contributed by atoms with Crippen LogP contribution < -0.4 is 5.32 Å². The Morgan fingerprint density at radius 1 is 1.19 bits per heavy atom. The Hall–Kier alpha value is -2.20. The van der Waals surface area contributed by atoms with Crippen LogP contribution in [0.1, 0.15) is 39.5 Å². The molecule has 1 atom stereocenters. The fourth-order valence-corrected chi connectivity index (χ4v) is 7.64. The van der Waals surface area contributed by atoms with Gasteiger partial charge >= 0.3 is 5.97 Å². The first-order chi connectivity index (χ1) is 17.1. The number of fused-ring (bicyclic) bond motifs is 1.